The molecule has 2 amide bonds. The van der Waals surface area contributed by atoms with Crippen LogP contribution in [-0.2, 0) is 16.0 Å². The Morgan fingerprint density at radius 2 is 1.83 bits per heavy atom. The van der Waals surface area contributed by atoms with Crippen molar-refractivity contribution in [3.8, 4) is 11.5 Å². The van der Waals surface area contributed by atoms with Gasteiger partial charge in [0.05, 0.1) is 6.04 Å². The summed E-state index contributed by atoms with van der Waals surface area (Å²) in [5, 5.41) is 3.94. The average Bonchev–Trinajstić information content (AvgIpc) is 3.51. The second kappa shape index (κ2) is 8.92. The van der Waals surface area contributed by atoms with Crippen molar-refractivity contribution >= 4 is 34.5 Å². The summed E-state index contributed by atoms with van der Waals surface area (Å²) in [4.78, 5) is 30.3. The van der Waals surface area contributed by atoms with E-state index < -0.39 is 0 Å². The highest BCUT2D eigenvalue weighted by atomic mass is 16.7. The predicted molar refractivity (Wildman–Crippen MR) is 138 cm³/mol. The lowest BCUT2D eigenvalue weighted by atomic mass is 9.92. The number of anilines is 1. The minimum Gasteiger partial charge on any atom is -0.454 e. The lowest BCUT2D eigenvalue weighted by Gasteiger charge is -2.35. The quantitative estimate of drug-likeness (QED) is 0.402. The van der Waals surface area contributed by atoms with Gasteiger partial charge in [0.15, 0.2) is 11.5 Å². The summed E-state index contributed by atoms with van der Waals surface area (Å²) in [5.41, 5.74) is 5.90. The standard InChI is InChI=1S/C29H25N3O4/c1-18(33)30-21-10-6-19(7-11-21)8-13-27(34)32-15-14-23-22-4-2-3-5-24(22)31-28(23)29(32)20-9-12-25-26(16-20)36-17-35-25/h2-13,16,29,31H,14-15,17H2,1H3,(H,30,33). The number of nitrogens with one attached hydrogen (secondary N) is 2. The third-order valence-corrected chi connectivity index (χ3v) is 6.68. The highest BCUT2D eigenvalue weighted by Gasteiger charge is 2.34. The van der Waals surface area contributed by atoms with Crippen molar-refractivity contribution in [3.05, 3.63) is 95.2 Å². The number of H-pyrrole nitrogens is 1. The molecule has 0 saturated heterocycles. The SMILES string of the molecule is CC(=O)Nc1ccc(C=CC(=O)N2CCc3c([nH]c4ccccc34)C2c2ccc3c(c2)OCO3)cc1. The number of nitrogens with zero attached hydrogens (tertiary/aromatic N) is 1. The van der Waals surface area contributed by atoms with E-state index in [4.69, 9.17) is 9.47 Å². The summed E-state index contributed by atoms with van der Waals surface area (Å²) in [6.07, 6.45) is 4.18. The number of para-hydroxylation sites is 1. The molecule has 7 nitrogen and oxygen atoms in total. The summed E-state index contributed by atoms with van der Waals surface area (Å²) in [6, 6.07) is 21.2. The molecule has 0 saturated carbocycles. The third kappa shape index (κ3) is 3.98. The van der Waals surface area contributed by atoms with Gasteiger partial charge in [-0.3, -0.25) is 9.59 Å². The van der Waals surface area contributed by atoms with Crippen molar-refractivity contribution in [2.75, 3.05) is 18.7 Å². The van der Waals surface area contributed by atoms with Crippen LogP contribution in [-0.4, -0.2) is 35.0 Å². The molecule has 4 aromatic rings. The molecule has 7 heteroatoms. The van der Waals surface area contributed by atoms with Crippen LogP contribution in [0.15, 0.2) is 72.8 Å². The van der Waals surface area contributed by atoms with Crippen molar-refractivity contribution in [2.24, 2.45) is 0 Å². The summed E-state index contributed by atoms with van der Waals surface area (Å²) in [7, 11) is 0. The van der Waals surface area contributed by atoms with Crippen LogP contribution in [0.2, 0.25) is 0 Å². The Hall–Kier alpha value is -4.52. The molecule has 1 atom stereocenters. The van der Waals surface area contributed by atoms with Gasteiger partial charge in [-0.15, -0.1) is 0 Å². The van der Waals surface area contributed by atoms with Gasteiger partial charge >= 0.3 is 0 Å². The lowest BCUT2D eigenvalue weighted by molar-refractivity contribution is -0.128. The number of benzene rings is 3. The first-order valence-electron chi connectivity index (χ1n) is 11.9. The molecule has 0 spiro atoms. The van der Waals surface area contributed by atoms with E-state index in [1.54, 1.807) is 12.2 Å². The molecule has 0 aliphatic carbocycles. The molecular weight excluding hydrogens is 454 g/mol. The average molecular weight is 480 g/mol. The molecule has 2 aliphatic heterocycles. The van der Waals surface area contributed by atoms with Crippen molar-refractivity contribution in [2.45, 2.75) is 19.4 Å². The summed E-state index contributed by atoms with van der Waals surface area (Å²) in [5.74, 6) is 1.21. The number of amides is 2. The highest BCUT2D eigenvalue weighted by molar-refractivity contribution is 5.94. The number of carbonyl (C=O) groups is 2. The molecular formula is C29H25N3O4. The minimum absolute atomic E-state index is 0.0760. The van der Waals surface area contributed by atoms with E-state index in [0.717, 1.165) is 34.4 Å². The van der Waals surface area contributed by atoms with Crippen molar-refractivity contribution < 1.29 is 19.1 Å². The Kier molecular flexibility index (Phi) is 5.45. The van der Waals surface area contributed by atoms with E-state index in [0.29, 0.717) is 18.0 Å². The number of carbonyl (C=O) groups excluding carboxylic acids is 2. The van der Waals surface area contributed by atoms with E-state index >= 15 is 0 Å². The number of ether oxygens (including phenoxy) is 2. The van der Waals surface area contributed by atoms with Gasteiger partial charge in [-0.05, 0) is 59.5 Å². The van der Waals surface area contributed by atoms with E-state index in [1.165, 1.54) is 17.9 Å². The van der Waals surface area contributed by atoms with Crippen LogP contribution < -0.4 is 14.8 Å². The first-order chi connectivity index (χ1) is 17.6. The number of hydrogen-bond acceptors (Lipinski definition) is 4. The number of aromatic nitrogens is 1. The molecule has 0 bridgehead atoms. The smallest absolute Gasteiger partial charge is 0.247 e. The molecule has 0 radical (unpaired) electrons. The molecule has 3 aromatic carbocycles. The van der Waals surface area contributed by atoms with Crippen LogP contribution in [0.3, 0.4) is 0 Å². The van der Waals surface area contributed by atoms with Crippen LogP contribution >= 0.6 is 0 Å². The number of hydrogen-bond donors (Lipinski definition) is 2. The van der Waals surface area contributed by atoms with Gasteiger partial charge in [0.25, 0.3) is 0 Å². The Labute approximate surface area is 208 Å². The van der Waals surface area contributed by atoms with Gasteiger partial charge in [-0.2, -0.15) is 0 Å². The predicted octanol–water partition coefficient (Wildman–Crippen LogP) is 5.04. The first kappa shape index (κ1) is 22.0. The maximum absolute atomic E-state index is 13.5. The molecule has 6 rings (SSSR count). The number of rotatable bonds is 4. The Bertz CT molecular complexity index is 1500. The maximum Gasteiger partial charge on any atom is 0.247 e. The van der Waals surface area contributed by atoms with Crippen LogP contribution in [0.4, 0.5) is 5.69 Å². The minimum atomic E-state index is -0.282. The Morgan fingerprint density at radius 3 is 2.67 bits per heavy atom. The topological polar surface area (TPSA) is 83.7 Å². The Balaban J connectivity index is 1.34. The second-order valence-corrected chi connectivity index (χ2v) is 9.00. The fourth-order valence-corrected chi connectivity index (χ4v) is 5.05. The van der Waals surface area contributed by atoms with Gasteiger partial charge in [0.2, 0.25) is 18.6 Å². The molecule has 3 heterocycles. The molecule has 1 aromatic heterocycles. The summed E-state index contributed by atoms with van der Waals surface area (Å²) < 4.78 is 11.1. The fourth-order valence-electron chi connectivity index (χ4n) is 5.05. The molecule has 36 heavy (non-hydrogen) atoms. The molecule has 0 fully saturated rings. The summed E-state index contributed by atoms with van der Waals surface area (Å²) >= 11 is 0. The van der Waals surface area contributed by atoms with Crippen molar-refractivity contribution in [1.29, 1.82) is 0 Å². The van der Waals surface area contributed by atoms with Gasteiger partial charge in [0, 0.05) is 41.8 Å². The van der Waals surface area contributed by atoms with E-state index in [-0.39, 0.29) is 24.6 Å². The zero-order valence-corrected chi connectivity index (χ0v) is 19.8. The number of aromatic amines is 1. The van der Waals surface area contributed by atoms with Crippen LogP contribution in [0.5, 0.6) is 11.5 Å². The van der Waals surface area contributed by atoms with Crippen molar-refractivity contribution in [1.82, 2.24) is 9.88 Å². The van der Waals surface area contributed by atoms with E-state index in [9.17, 15) is 9.59 Å². The van der Waals surface area contributed by atoms with Crippen LogP contribution in [0, 0.1) is 0 Å². The molecule has 1 unspecified atom stereocenters. The van der Waals surface area contributed by atoms with Gasteiger partial charge in [0.1, 0.15) is 0 Å². The molecule has 180 valence electrons. The van der Waals surface area contributed by atoms with Crippen molar-refractivity contribution in [3.63, 3.8) is 0 Å². The van der Waals surface area contributed by atoms with E-state index in [1.807, 2.05) is 59.5 Å². The second-order valence-electron chi connectivity index (χ2n) is 9.00. The molecule has 2 N–H and O–H groups in total. The van der Waals surface area contributed by atoms with Crippen LogP contribution in [0.1, 0.15) is 35.3 Å². The summed E-state index contributed by atoms with van der Waals surface area (Å²) in [6.45, 7) is 2.27. The van der Waals surface area contributed by atoms with Gasteiger partial charge in [-0.25, -0.2) is 0 Å². The highest BCUT2D eigenvalue weighted by Crippen LogP contribution is 2.42. The van der Waals surface area contributed by atoms with Gasteiger partial charge in [-0.1, -0.05) is 36.4 Å². The largest absolute Gasteiger partial charge is 0.454 e. The normalized spacial score (nSPS) is 16.4. The van der Waals surface area contributed by atoms with Crippen LogP contribution in [0.25, 0.3) is 17.0 Å². The monoisotopic (exact) mass is 479 g/mol. The molecule has 2 aliphatic rings. The van der Waals surface area contributed by atoms with Gasteiger partial charge < -0.3 is 24.7 Å². The fraction of sp³-hybridized carbons (Fsp3) is 0.172. The Morgan fingerprint density at radius 1 is 1.03 bits per heavy atom. The first-order valence-corrected chi connectivity index (χ1v) is 11.9. The lowest BCUT2D eigenvalue weighted by Crippen LogP contribution is -2.39. The number of fused-ring (bicyclic) bond motifs is 4. The zero-order valence-electron chi connectivity index (χ0n) is 19.8. The maximum atomic E-state index is 13.5. The third-order valence-electron chi connectivity index (χ3n) is 6.68. The van der Waals surface area contributed by atoms with E-state index in [2.05, 4.69) is 22.4 Å². The zero-order chi connectivity index (χ0) is 24.6.